The van der Waals surface area contributed by atoms with E-state index in [0.29, 0.717) is 15.9 Å². The number of nitrogens with one attached hydrogen (secondary N) is 1. The van der Waals surface area contributed by atoms with Crippen LogP contribution in [0.3, 0.4) is 0 Å². The molecule has 0 saturated carbocycles. The van der Waals surface area contributed by atoms with Crippen molar-refractivity contribution in [3.63, 3.8) is 0 Å². The molecule has 24 heavy (non-hydrogen) atoms. The Morgan fingerprint density at radius 1 is 1.38 bits per heavy atom. The number of rotatable bonds is 4. The van der Waals surface area contributed by atoms with Gasteiger partial charge >= 0.3 is 5.69 Å². The maximum absolute atomic E-state index is 12.6. The number of carbonyl (C=O) groups is 1. The maximum atomic E-state index is 12.6. The number of Topliss-reactive ketones (excluding diaryl/α,β-unsaturated/α-hetero) is 1. The van der Waals surface area contributed by atoms with Crippen LogP contribution in [0.4, 0.5) is 5.82 Å². The van der Waals surface area contributed by atoms with Gasteiger partial charge in [0.15, 0.2) is 11.6 Å². The molecule has 122 valence electrons. The molecule has 3 N–H and O–H groups in total. The summed E-state index contributed by atoms with van der Waals surface area (Å²) >= 11 is 3.16. The number of hydrogen-bond donors (Lipinski definition) is 2. The third-order valence-electron chi connectivity index (χ3n) is 3.49. The first-order valence-corrected chi connectivity index (χ1v) is 7.76. The van der Waals surface area contributed by atoms with E-state index in [2.05, 4.69) is 35.9 Å². The first-order valence-electron chi connectivity index (χ1n) is 6.97. The highest BCUT2D eigenvalue weighted by atomic mass is 79.9. The lowest BCUT2D eigenvalue weighted by Crippen LogP contribution is -2.18. The number of carbonyl (C=O) groups excluding carboxylic acids is 1. The Morgan fingerprint density at radius 3 is 2.88 bits per heavy atom. The van der Waals surface area contributed by atoms with Gasteiger partial charge in [-0.15, -0.1) is 0 Å². The highest BCUT2D eigenvalue weighted by Crippen LogP contribution is 2.22. The lowest BCUT2D eigenvalue weighted by Gasteiger charge is -2.10. The fourth-order valence-electron chi connectivity index (χ4n) is 2.36. The molecule has 3 aromatic heterocycles. The second-order valence-electron chi connectivity index (χ2n) is 5.11. The Kier molecular flexibility index (Phi) is 4.26. The van der Waals surface area contributed by atoms with E-state index < -0.39 is 5.69 Å². The van der Waals surface area contributed by atoms with Crippen molar-refractivity contribution in [2.24, 2.45) is 7.05 Å². The molecule has 0 aliphatic rings. The molecule has 0 saturated heterocycles. The monoisotopic (exact) mass is 388 g/mol. The van der Waals surface area contributed by atoms with E-state index in [-0.39, 0.29) is 23.7 Å². The van der Waals surface area contributed by atoms with Crippen molar-refractivity contribution in [3.05, 3.63) is 57.2 Å². The first-order chi connectivity index (χ1) is 11.5. The van der Waals surface area contributed by atoms with E-state index in [0.717, 1.165) is 5.69 Å². The van der Waals surface area contributed by atoms with Gasteiger partial charge in [0.05, 0.1) is 18.3 Å². The van der Waals surface area contributed by atoms with Crippen molar-refractivity contribution in [1.82, 2.24) is 24.5 Å². The van der Waals surface area contributed by atoms with Crippen LogP contribution in [0.25, 0.3) is 11.3 Å². The van der Waals surface area contributed by atoms with Crippen LogP contribution in [0, 0.1) is 0 Å². The molecule has 3 aromatic rings. The molecule has 0 unspecified atom stereocenters. The van der Waals surface area contributed by atoms with Crippen LogP contribution in [0.1, 0.15) is 16.2 Å². The third-order valence-corrected chi connectivity index (χ3v) is 3.87. The minimum Gasteiger partial charge on any atom is -0.382 e. The van der Waals surface area contributed by atoms with E-state index in [1.807, 2.05) is 29.9 Å². The minimum absolute atomic E-state index is 0.0417. The Hall–Kier alpha value is -2.81. The van der Waals surface area contributed by atoms with Crippen LogP contribution in [0.15, 0.2) is 40.1 Å². The van der Waals surface area contributed by atoms with Crippen molar-refractivity contribution in [3.8, 4) is 11.3 Å². The molecule has 8 nitrogen and oxygen atoms in total. The summed E-state index contributed by atoms with van der Waals surface area (Å²) in [5, 5.41) is 0. The Labute approximate surface area is 144 Å². The fourth-order valence-corrected chi connectivity index (χ4v) is 2.64. The van der Waals surface area contributed by atoms with Gasteiger partial charge in [-0.25, -0.2) is 19.7 Å². The predicted molar refractivity (Wildman–Crippen MR) is 91.4 cm³/mol. The molecule has 0 bridgehead atoms. The smallest absolute Gasteiger partial charge is 0.345 e. The van der Waals surface area contributed by atoms with E-state index in [1.54, 1.807) is 0 Å². The topological polar surface area (TPSA) is 120 Å². The zero-order valence-electron chi connectivity index (χ0n) is 12.7. The lowest BCUT2D eigenvalue weighted by atomic mass is 10.1. The normalized spacial score (nSPS) is 10.8. The Morgan fingerprint density at radius 2 is 2.17 bits per heavy atom. The van der Waals surface area contributed by atoms with Crippen molar-refractivity contribution < 1.29 is 4.79 Å². The molecule has 0 radical (unpaired) electrons. The fraction of sp³-hybridized carbons (Fsp3) is 0.133. The summed E-state index contributed by atoms with van der Waals surface area (Å²) in [5.41, 5.74) is 7.20. The van der Waals surface area contributed by atoms with Crippen molar-refractivity contribution in [2.75, 3.05) is 5.73 Å². The number of aromatic amines is 1. The highest BCUT2D eigenvalue weighted by Gasteiger charge is 2.18. The van der Waals surface area contributed by atoms with Crippen LogP contribution < -0.4 is 11.4 Å². The quantitative estimate of drug-likeness (QED) is 0.650. The van der Waals surface area contributed by atoms with Gasteiger partial charge in [0.2, 0.25) is 0 Å². The number of halogens is 1. The van der Waals surface area contributed by atoms with Gasteiger partial charge in [-0.2, -0.15) is 0 Å². The van der Waals surface area contributed by atoms with Crippen molar-refractivity contribution in [2.45, 2.75) is 6.42 Å². The number of aromatic nitrogens is 5. The molecule has 0 spiro atoms. The van der Waals surface area contributed by atoms with Gasteiger partial charge in [-0.1, -0.05) is 0 Å². The van der Waals surface area contributed by atoms with Crippen LogP contribution in [-0.4, -0.2) is 30.3 Å². The maximum Gasteiger partial charge on any atom is 0.345 e. The number of nitrogens with zero attached hydrogens (tertiary/aromatic N) is 4. The SMILES string of the molecule is Cn1cccc1-c1cnc(=O)[nH]c1CC(=O)c1nc(Br)cnc1N. The standard InChI is InChI=1S/C15H13BrN6O2/c1-22-4-2-3-10(22)8-6-19-15(24)20-9(8)5-11(23)13-14(17)18-7-12(16)21-13/h2-4,6-7H,5H2,1H3,(H2,17,18)(H,19,20,24). The van der Waals surface area contributed by atoms with Gasteiger partial charge in [-0.3, -0.25) is 4.79 Å². The summed E-state index contributed by atoms with van der Waals surface area (Å²) < 4.78 is 2.28. The number of aryl methyl sites for hydroxylation is 1. The van der Waals surface area contributed by atoms with Crippen molar-refractivity contribution in [1.29, 1.82) is 0 Å². The van der Waals surface area contributed by atoms with Gasteiger partial charge < -0.3 is 15.3 Å². The van der Waals surface area contributed by atoms with Crippen LogP contribution in [0.5, 0.6) is 0 Å². The molecule has 9 heteroatoms. The highest BCUT2D eigenvalue weighted by molar-refractivity contribution is 9.10. The molecule has 0 amide bonds. The molecule has 0 atom stereocenters. The predicted octanol–water partition coefficient (Wildman–Crippen LogP) is 1.34. The zero-order valence-corrected chi connectivity index (χ0v) is 14.2. The average molecular weight is 389 g/mol. The number of nitrogen functional groups attached to an aromatic ring is 1. The second-order valence-corrected chi connectivity index (χ2v) is 5.92. The summed E-state index contributed by atoms with van der Waals surface area (Å²) in [5.74, 6) is -0.307. The molecule has 0 aliphatic heterocycles. The second kappa shape index (κ2) is 6.36. The third kappa shape index (κ3) is 3.11. The Bertz CT molecular complexity index is 978. The lowest BCUT2D eigenvalue weighted by molar-refractivity contribution is 0.0987. The number of ketones is 1. The number of nitrogens with two attached hydrogens (primary N) is 1. The van der Waals surface area contributed by atoms with Crippen LogP contribution >= 0.6 is 15.9 Å². The molecule has 0 aromatic carbocycles. The van der Waals surface area contributed by atoms with Crippen molar-refractivity contribution >= 4 is 27.5 Å². The minimum atomic E-state index is -0.524. The van der Waals surface area contributed by atoms with Crippen LogP contribution in [-0.2, 0) is 13.5 Å². The molecular weight excluding hydrogens is 376 g/mol. The number of H-pyrrole nitrogens is 1. The van der Waals surface area contributed by atoms with E-state index in [9.17, 15) is 9.59 Å². The summed E-state index contributed by atoms with van der Waals surface area (Å²) in [6.07, 6.45) is 4.65. The van der Waals surface area contributed by atoms with Crippen LogP contribution in [0.2, 0.25) is 0 Å². The molecule has 0 aliphatic carbocycles. The Balaban J connectivity index is 2.02. The van der Waals surface area contributed by atoms with E-state index in [4.69, 9.17) is 5.73 Å². The van der Waals surface area contributed by atoms with Gasteiger partial charge in [0, 0.05) is 30.7 Å². The summed E-state index contributed by atoms with van der Waals surface area (Å²) in [6, 6.07) is 3.74. The zero-order chi connectivity index (χ0) is 17.3. The molecule has 3 heterocycles. The molecule has 3 rings (SSSR count). The largest absolute Gasteiger partial charge is 0.382 e. The van der Waals surface area contributed by atoms with E-state index in [1.165, 1.54) is 12.4 Å². The van der Waals surface area contributed by atoms with E-state index >= 15 is 0 Å². The first kappa shape index (κ1) is 16.1. The summed E-state index contributed by atoms with van der Waals surface area (Å²) in [7, 11) is 1.86. The van der Waals surface area contributed by atoms with Gasteiger partial charge in [0.1, 0.15) is 10.3 Å². The molecule has 0 fully saturated rings. The van der Waals surface area contributed by atoms with Gasteiger partial charge in [-0.05, 0) is 28.1 Å². The molecular formula is C15H13BrN6O2. The summed E-state index contributed by atoms with van der Waals surface area (Å²) in [6.45, 7) is 0. The average Bonchev–Trinajstić information content (AvgIpc) is 2.96. The summed E-state index contributed by atoms with van der Waals surface area (Å²) in [4.78, 5) is 38.5. The number of hydrogen-bond acceptors (Lipinski definition) is 6. The number of anilines is 1. The van der Waals surface area contributed by atoms with Gasteiger partial charge in [0.25, 0.3) is 0 Å².